The summed E-state index contributed by atoms with van der Waals surface area (Å²) >= 11 is 7.21. The number of quaternary nitrogens is 1. The second kappa shape index (κ2) is 22.6. The number of allylic oxidation sites excluding steroid dienone is 6. The van der Waals surface area contributed by atoms with Gasteiger partial charge < -0.3 is 24.7 Å². The zero-order chi connectivity index (χ0) is 42.1. The number of aliphatic hydroxyl groups excluding tert-OH is 1. The molecule has 0 spiro atoms. The molecule has 56 heavy (non-hydrogen) atoms. The van der Waals surface area contributed by atoms with E-state index in [0.29, 0.717) is 6.42 Å². The Hall–Kier alpha value is -4.12. The van der Waals surface area contributed by atoms with Crippen LogP contribution in [0.25, 0.3) is 0 Å². The van der Waals surface area contributed by atoms with Crippen molar-refractivity contribution in [1.29, 1.82) is 0 Å². The Kier molecular flexibility index (Phi) is 19.4. The van der Waals surface area contributed by atoms with Gasteiger partial charge in [0.2, 0.25) is 0 Å². The molecule has 10 nitrogen and oxygen atoms in total. The van der Waals surface area contributed by atoms with Crippen molar-refractivity contribution in [3.8, 4) is 0 Å². The summed E-state index contributed by atoms with van der Waals surface area (Å²) in [6, 6.07) is 4.26. The van der Waals surface area contributed by atoms with Gasteiger partial charge in [-0.15, -0.1) is 0 Å². The van der Waals surface area contributed by atoms with Crippen molar-refractivity contribution in [2.75, 3.05) is 40.8 Å². The average Bonchev–Trinajstić information content (AvgIpc) is 3.59. The van der Waals surface area contributed by atoms with Crippen LogP contribution in [0.5, 0.6) is 0 Å². The van der Waals surface area contributed by atoms with Crippen LogP contribution in [0.2, 0.25) is 0 Å². The molecule has 0 saturated heterocycles. The van der Waals surface area contributed by atoms with Gasteiger partial charge in [-0.25, -0.2) is 9.56 Å². The fourth-order valence-electron chi connectivity index (χ4n) is 7.32. The number of carboxylic acids is 1. The Morgan fingerprint density at radius 3 is 2.32 bits per heavy atom. The van der Waals surface area contributed by atoms with E-state index in [0.717, 1.165) is 89.9 Å². The van der Waals surface area contributed by atoms with Crippen molar-refractivity contribution < 1.29 is 34.0 Å². The molecule has 11 heteroatoms. The van der Waals surface area contributed by atoms with Crippen LogP contribution in [0.15, 0.2) is 98.4 Å². The van der Waals surface area contributed by atoms with Crippen LogP contribution in [0.1, 0.15) is 105 Å². The number of pyridine rings is 1. The van der Waals surface area contributed by atoms with E-state index in [4.69, 9.17) is 41.7 Å². The normalized spacial score (nSPS) is 19.8. The van der Waals surface area contributed by atoms with Gasteiger partial charge in [0.15, 0.2) is 5.71 Å². The van der Waals surface area contributed by atoms with E-state index in [1.807, 2.05) is 13.8 Å². The molecule has 0 radical (unpaired) electrons. The van der Waals surface area contributed by atoms with Gasteiger partial charge in [-0.2, -0.15) is 0 Å². The summed E-state index contributed by atoms with van der Waals surface area (Å²) in [4.78, 5) is 31.9. The predicted octanol–water partition coefficient (Wildman–Crippen LogP) is 9.04. The Morgan fingerprint density at radius 2 is 1.66 bits per heavy atom. The maximum absolute atomic E-state index is 10.9. The Morgan fingerprint density at radius 1 is 0.982 bits per heavy atom. The van der Waals surface area contributed by atoms with Crippen LogP contribution in [0.4, 0.5) is 5.82 Å². The number of hydrogen-bond acceptors (Lipinski definition) is 6. The average molecular weight is 795 g/mol. The van der Waals surface area contributed by atoms with Crippen LogP contribution >= 0.6 is 11.6 Å². The highest BCUT2D eigenvalue weighted by Gasteiger charge is 2.42. The van der Waals surface area contributed by atoms with Gasteiger partial charge in [-0.05, 0) is 81.0 Å². The maximum atomic E-state index is 10.9. The molecule has 5 rings (SSSR count). The molecule has 0 fully saturated rings. The molecule has 1 aromatic rings. The number of carbonyl (C=O) groups is 2. The number of aliphatic carboxylic acids is 1. The standard InChI is InChI=1S/C41H55ClN5O2.C2H6.CH2O2.CH4O/c1-8-9-10-13-24-45-26-15-17-32-38(45)43-34(40(32,2)3)22-20-30-28-47(6,7)29-31(37(30)42)21-23-35-41(4,5)33-18-16-27-46(39(33)44-35)25-14-11-12-19-36(48)49;1-2;2-1-3;1-2/h15-18,20-23,26-27H,8-14,19,24-25,28-29H2,1-7H3;1-2H3;1H,(H,2,3);2H,1H3/q+1;;;/p+1. The molecule has 1 aromatic heterocycles. The zero-order valence-corrected chi connectivity index (χ0v) is 36.4. The zero-order valence-electron chi connectivity index (χ0n) is 35.6. The number of carboxylic acid groups (broad SMARTS) is 2. The third-order valence-corrected chi connectivity index (χ3v) is 10.8. The van der Waals surface area contributed by atoms with E-state index in [1.54, 1.807) is 0 Å². The number of fused-ring (bicyclic) bond motifs is 2. The summed E-state index contributed by atoms with van der Waals surface area (Å²) in [6.45, 7) is 18.5. The highest BCUT2D eigenvalue weighted by atomic mass is 35.5. The summed E-state index contributed by atoms with van der Waals surface area (Å²) in [6.07, 6.45) is 25.0. The highest BCUT2D eigenvalue weighted by Crippen LogP contribution is 2.44. The molecule has 308 valence electrons. The summed E-state index contributed by atoms with van der Waals surface area (Å²) < 4.78 is 3.02. The first-order chi connectivity index (χ1) is 26.7. The third-order valence-electron chi connectivity index (χ3n) is 10.4. The highest BCUT2D eigenvalue weighted by molar-refractivity contribution is 6.32. The van der Waals surface area contributed by atoms with Crippen LogP contribution in [0.3, 0.4) is 0 Å². The molecule has 0 amide bonds. The van der Waals surface area contributed by atoms with E-state index >= 15 is 0 Å². The van der Waals surface area contributed by atoms with Gasteiger partial charge in [-0.3, -0.25) is 9.59 Å². The second-order valence-corrected chi connectivity index (χ2v) is 16.2. The molecular weight excluding hydrogens is 726 g/mol. The maximum Gasteiger partial charge on any atom is 0.327 e. The molecule has 0 atom stereocenters. The van der Waals surface area contributed by atoms with E-state index in [2.05, 4.69) is 119 Å². The first kappa shape index (κ1) is 48.0. The topological polar surface area (TPSA) is 127 Å². The lowest BCUT2D eigenvalue weighted by molar-refractivity contribution is -0.881. The number of nitrogens with zero attached hydrogens (tertiary/aromatic N) is 5. The lowest BCUT2D eigenvalue weighted by Crippen LogP contribution is -2.45. The molecular formula is C45H68ClN5O5+2. The number of aliphatic imine (C=N–C) groups is 2. The van der Waals surface area contributed by atoms with Gasteiger partial charge in [0.1, 0.15) is 18.9 Å². The molecule has 0 unspecified atom stereocenters. The number of amidine groups is 1. The monoisotopic (exact) mass is 793 g/mol. The van der Waals surface area contributed by atoms with Crippen molar-refractivity contribution in [3.05, 3.63) is 94.0 Å². The van der Waals surface area contributed by atoms with E-state index in [1.165, 1.54) is 36.8 Å². The molecule has 5 heterocycles. The Labute approximate surface area is 341 Å². The van der Waals surface area contributed by atoms with Crippen molar-refractivity contribution in [2.45, 2.75) is 112 Å². The predicted molar refractivity (Wildman–Crippen MR) is 230 cm³/mol. The summed E-state index contributed by atoms with van der Waals surface area (Å²) in [5, 5.41) is 23.7. The molecule has 4 aliphatic heterocycles. The minimum absolute atomic E-state index is 0.187. The molecule has 0 aliphatic carbocycles. The molecule has 3 N–H and O–H groups in total. The number of hydrogen-bond donors (Lipinski definition) is 3. The number of halogens is 1. The minimum Gasteiger partial charge on any atom is -0.483 e. The lowest BCUT2D eigenvalue weighted by atomic mass is 9.81. The fourth-order valence-corrected chi connectivity index (χ4v) is 7.57. The van der Waals surface area contributed by atoms with Gasteiger partial charge in [0.25, 0.3) is 6.47 Å². The summed E-state index contributed by atoms with van der Waals surface area (Å²) in [5.41, 5.74) is 6.37. The molecule has 0 saturated carbocycles. The SMILES string of the molecule is CC.CCCCCCN1C=CC=C2C1=N/C(=C/C=C1\C[N+](C)(C)CC(/C=C/C3=Nc4c(ccc[n+]4CCCCCC(=O)O)C3(C)C)=C1Cl)C2(C)C.CO.O=CO. The van der Waals surface area contributed by atoms with E-state index < -0.39 is 5.97 Å². The summed E-state index contributed by atoms with van der Waals surface area (Å²) in [5.74, 6) is 1.34. The number of rotatable bonds is 14. The van der Waals surface area contributed by atoms with Crippen LogP contribution in [-0.2, 0) is 21.5 Å². The molecule has 0 aromatic carbocycles. The third kappa shape index (κ3) is 12.4. The quantitative estimate of drug-likeness (QED) is 0.0747. The first-order valence-electron chi connectivity index (χ1n) is 20.1. The Balaban J connectivity index is 0.00000145. The van der Waals surface area contributed by atoms with Gasteiger partial charge >= 0.3 is 11.8 Å². The van der Waals surface area contributed by atoms with Crippen LogP contribution in [0, 0.1) is 5.41 Å². The number of aromatic nitrogens is 1. The number of aryl methyl sites for hydroxylation is 1. The first-order valence-corrected chi connectivity index (χ1v) is 20.5. The van der Waals surface area contributed by atoms with Crippen molar-refractivity contribution in [3.63, 3.8) is 0 Å². The van der Waals surface area contributed by atoms with Crippen LogP contribution in [-0.4, -0.2) is 89.5 Å². The number of unbranched alkanes of at least 4 members (excludes halogenated alkanes) is 5. The number of aliphatic hydroxyl groups is 1. The smallest absolute Gasteiger partial charge is 0.327 e. The molecule has 0 bridgehead atoms. The van der Waals surface area contributed by atoms with E-state index in [-0.39, 0.29) is 23.7 Å². The fraction of sp³-hybridized carbons (Fsp3) is 0.533. The van der Waals surface area contributed by atoms with Gasteiger partial charge in [0.05, 0.1) is 48.5 Å². The minimum atomic E-state index is -0.730. The van der Waals surface area contributed by atoms with E-state index in [9.17, 15) is 4.79 Å². The second-order valence-electron chi connectivity index (χ2n) is 15.8. The van der Waals surface area contributed by atoms with Gasteiger partial charge in [0, 0.05) is 48.4 Å². The molecule has 4 aliphatic rings. The van der Waals surface area contributed by atoms with Gasteiger partial charge in [-0.1, -0.05) is 77.6 Å². The van der Waals surface area contributed by atoms with Crippen molar-refractivity contribution in [1.82, 2.24) is 4.90 Å². The van der Waals surface area contributed by atoms with Crippen molar-refractivity contribution in [2.24, 2.45) is 15.4 Å². The largest absolute Gasteiger partial charge is 0.483 e. The van der Waals surface area contributed by atoms with Crippen molar-refractivity contribution >= 4 is 41.4 Å². The van der Waals surface area contributed by atoms with Crippen LogP contribution < -0.4 is 4.57 Å². The Bertz CT molecular complexity index is 1760. The number of likely N-dealkylation sites (N-methyl/N-ethyl adjacent to an activating group) is 1. The lowest BCUT2D eigenvalue weighted by Gasteiger charge is -2.35. The summed E-state index contributed by atoms with van der Waals surface area (Å²) in [7, 11) is 5.51.